The highest BCUT2D eigenvalue weighted by molar-refractivity contribution is 5.96. The Balaban J connectivity index is 1.72. The molecule has 0 saturated carbocycles. The first-order valence-corrected chi connectivity index (χ1v) is 10.4. The normalized spacial score (nSPS) is 19.6. The van der Waals surface area contributed by atoms with Gasteiger partial charge in [-0.1, -0.05) is 0 Å². The SMILES string of the molecule is CCOc1cc(C(=O)N2C3CCC2c2cncnc2C3)cc(OCC)c1OCC. The summed E-state index contributed by atoms with van der Waals surface area (Å²) in [6, 6.07) is 3.73. The summed E-state index contributed by atoms with van der Waals surface area (Å²) < 4.78 is 17.3. The summed E-state index contributed by atoms with van der Waals surface area (Å²) in [5.41, 5.74) is 2.68. The molecule has 7 heteroatoms. The van der Waals surface area contributed by atoms with Crippen molar-refractivity contribution < 1.29 is 19.0 Å². The summed E-state index contributed by atoms with van der Waals surface area (Å²) in [5.74, 6) is 1.61. The van der Waals surface area contributed by atoms with Crippen molar-refractivity contribution in [2.24, 2.45) is 0 Å². The number of hydrogen-bond acceptors (Lipinski definition) is 6. The molecule has 154 valence electrons. The molecule has 1 aromatic heterocycles. The van der Waals surface area contributed by atoms with E-state index in [0.717, 1.165) is 30.5 Å². The molecule has 2 aliphatic heterocycles. The molecule has 4 rings (SSSR count). The quantitative estimate of drug-likeness (QED) is 0.711. The molecule has 1 saturated heterocycles. The lowest BCUT2D eigenvalue weighted by atomic mass is 9.98. The number of rotatable bonds is 7. The van der Waals surface area contributed by atoms with Crippen LogP contribution in [0.3, 0.4) is 0 Å². The number of carbonyl (C=O) groups is 1. The van der Waals surface area contributed by atoms with Crippen LogP contribution in [0.2, 0.25) is 0 Å². The zero-order valence-electron chi connectivity index (χ0n) is 17.2. The minimum Gasteiger partial charge on any atom is -0.490 e. The maximum Gasteiger partial charge on any atom is 0.254 e. The zero-order valence-corrected chi connectivity index (χ0v) is 17.2. The smallest absolute Gasteiger partial charge is 0.254 e. The van der Waals surface area contributed by atoms with Gasteiger partial charge in [-0.2, -0.15) is 0 Å². The fourth-order valence-corrected chi connectivity index (χ4v) is 4.40. The molecule has 3 heterocycles. The third-order valence-corrected chi connectivity index (χ3v) is 5.51. The van der Waals surface area contributed by atoms with Crippen LogP contribution in [-0.4, -0.2) is 46.6 Å². The Kier molecular flexibility index (Phi) is 5.56. The molecule has 1 fully saturated rings. The summed E-state index contributed by atoms with van der Waals surface area (Å²) in [4.78, 5) is 24.2. The van der Waals surface area contributed by atoms with Crippen LogP contribution in [0.15, 0.2) is 24.7 Å². The molecule has 29 heavy (non-hydrogen) atoms. The van der Waals surface area contributed by atoms with Crippen molar-refractivity contribution in [1.82, 2.24) is 14.9 Å². The zero-order chi connectivity index (χ0) is 20.4. The summed E-state index contributed by atoms with van der Waals surface area (Å²) in [6.45, 7) is 7.17. The molecule has 2 atom stereocenters. The molecule has 2 unspecified atom stereocenters. The van der Waals surface area contributed by atoms with Crippen molar-refractivity contribution in [3.05, 3.63) is 41.5 Å². The van der Waals surface area contributed by atoms with Gasteiger partial charge in [0.05, 0.1) is 31.6 Å². The lowest BCUT2D eigenvalue weighted by Gasteiger charge is -2.35. The maximum absolute atomic E-state index is 13.6. The maximum atomic E-state index is 13.6. The standard InChI is InChI=1S/C22H27N3O4/c1-4-27-19-9-14(10-20(28-5-2)21(19)29-6-3)22(26)25-15-7-8-18(25)16-12-23-13-24-17(16)11-15/h9-10,12-13,15,18H,4-8,11H2,1-3H3. The Labute approximate surface area is 171 Å². The van der Waals surface area contributed by atoms with Crippen LogP contribution in [0, 0.1) is 0 Å². The summed E-state index contributed by atoms with van der Waals surface area (Å²) in [5, 5.41) is 0. The van der Waals surface area contributed by atoms with Crippen LogP contribution < -0.4 is 14.2 Å². The minimum absolute atomic E-state index is 0.0167. The molecule has 2 bridgehead atoms. The van der Waals surface area contributed by atoms with E-state index >= 15 is 0 Å². The van der Waals surface area contributed by atoms with Crippen LogP contribution in [0.5, 0.6) is 17.2 Å². The summed E-state index contributed by atoms with van der Waals surface area (Å²) in [6.07, 6.45) is 6.12. The largest absolute Gasteiger partial charge is 0.490 e. The Morgan fingerprint density at radius 1 is 1.07 bits per heavy atom. The van der Waals surface area contributed by atoms with Gasteiger partial charge in [0, 0.05) is 29.8 Å². The summed E-state index contributed by atoms with van der Waals surface area (Å²) >= 11 is 0. The highest BCUT2D eigenvalue weighted by atomic mass is 16.5. The fourth-order valence-electron chi connectivity index (χ4n) is 4.40. The molecular weight excluding hydrogens is 370 g/mol. The Bertz CT molecular complexity index is 874. The van der Waals surface area contributed by atoms with Gasteiger partial charge in [-0.3, -0.25) is 4.79 Å². The molecule has 0 spiro atoms. The second-order valence-corrected chi connectivity index (χ2v) is 7.19. The van der Waals surface area contributed by atoms with Crippen molar-refractivity contribution in [3.63, 3.8) is 0 Å². The van der Waals surface area contributed by atoms with Gasteiger partial charge in [0.15, 0.2) is 11.5 Å². The van der Waals surface area contributed by atoms with Crippen LogP contribution in [-0.2, 0) is 6.42 Å². The first-order valence-electron chi connectivity index (χ1n) is 10.4. The topological polar surface area (TPSA) is 73.8 Å². The molecule has 2 aromatic rings. The molecule has 1 amide bonds. The van der Waals surface area contributed by atoms with Gasteiger partial charge in [0.25, 0.3) is 5.91 Å². The molecule has 0 aliphatic carbocycles. The second kappa shape index (κ2) is 8.27. The van der Waals surface area contributed by atoms with Crippen molar-refractivity contribution >= 4 is 5.91 Å². The van der Waals surface area contributed by atoms with Crippen LogP contribution in [0.4, 0.5) is 0 Å². The Hall–Kier alpha value is -2.83. The van der Waals surface area contributed by atoms with Gasteiger partial charge in [-0.25, -0.2) is 9.97 Å². The van der Waals surface area contributed by atoms with E-state index in [9.17, 15) is 4.79 Å². The van der Waals surface area contributed by atoms with E-state index in [4.69, 9.17) is 14.2 Å². The summed E-state index contributed by atoms with van der Waals surface area (Å²) in [7, 11) is 0. The number of carbonyl (C=O) groups excluding carboxylic acids is 1. The molecule has 1 aromatic carbocycles. The first kappa shape index (κ1) is 19.5. The van der Waals surface area contributed by atoms with Gasteiger partial charge < -0.3 is 19.1 Å². The van der Waals surface area contributed by atoms with Gasteiger partial charge >= 0.3 is 0 Å². The van der Waals surface area contributed by atoms with E-state index in [0.29, 0.717) is 42.6 Å². The average Bonchev–Trinajstić information content (AvgIpc) is 3.04. The monoisotopic (exact) mass is 397 g/mol. The number of benzene rings is 1. The van der Waals surface area contributed by atoms with Crippen LogP contribution in [0.1, 0.15) is 61.3 Å². The first-order chi connectivity index (χ1) is 14.2. The molecule has 0 radical (unpaired) electrons. The predicted molar refractivity (Wildman–Crippen MR) is 108 cm³/mol. The number of aromatic nitrogens is 2. The lowest BCUT2D eigenvalue weighted by Crippen LogP contribution is -2.42. The number of hydrogen-bond donors (Lipinski definition) is 0. The van der Waals surface area contributed by atoms with E-state index in [1.165, 1.54) is 0 Å². The van der Waals surface area contributed by atoms with Crippen LogP contribution >= 0.6 is 0 Å². The van der Waals surface area contributed by atoms with E-state index in [1.54, 1.807) is 18.5 Å². The Morgan fingerprint density at radius 3 is 2.41 bits per heavy atom. The van der Waals surface area contributed by atoms with Gasteiger partial charge in [-0.05, 0) is 45.7 Å². The highest BCUT2D eigenvalue weighted by Crippen LogP contribution is 2.45. The average molecular weight is 397 g/mol. The van der Waals surface area contributed by atoms with Crippen molar-refractivity contribution in [2.45, 2.75) is 52.1 Å². The minimum atomic E-state index is -0.0167. The van der Waals surface area contributed by atoms with E-state index in [-0.39, 0.29) is 18.0 Å². The van der Waals surface area contributed by atoms with Gasteiger partial charge in [0.1, 0.15) is 6.33 Å². The Morgan fingerprint density at radius 2 is 1.76 bits per heavy atom. The van der Waals surface area contributed by atoms with Crippen molar-refractivity contribution in [2.75, 3.05) is 19.8 Å². The third-order valence-electron chi connectivity index (χ3n) is 5.51. The molecular formula is C22H27N3O4. The predicted octanol–water partition coefficient (Wildman–Crippen LogP) is 3.57. The number of amides is 1. The van der Waals surface area contributed by atoms with Gasteiger partial charge in [0.2, 0.25) is 5.75 Å². The van der Waals surface area contributed by atoms with Crippen LogP contribution in [0.25, 0.3) is 0 Å². The van der Waals surface area contributed by atoms with Crippen molar-refractivity contribution in [3.8, 4) is 17.2 Å². The molecule has 2 aliphatic rings. The van der Waals surface area contributed by atoms with E-state index in [1.807, 2.05) is 31.9 Å². The number of nitrogens with zero attached hydrogens (tertiary/aromatic N) is 3. The molecule has 7 nitrogen and oxygen atoms in total. The van der Waals surface area contributed by atoms with E-state index < -0.39 is 0 Å². The third kappa shape index (κ3) is 3.50. The lowest BCUT2D eigenvalue weighted by molar-refractivity contribution is 0.0642. The second-order valence-electron chi connectivity index (χ2n) is 7.19. The number of ether oxygens (including phenoxy) is 3. The van der Waals surface area contributed by atoms with E-state index in [2.05, 4.69) is 9.97 Å². The van der Waals surface area contributed by atoms with Crippen molar-refractivity contribution in [1.29, 1.82) is 0 Å². The fraction of sp³-hybridized carbons (Fsp3) is 0.500. The number of fused-ring (bicyclic) bond motifs is 4. The highest BCUT2D eigenvalue weighted by Gasteiger charge is 2.43. The van der Waals surface area contributed by atoms with Gasteiger partial charge in [-0.15, -0.1) is 0 Å². The molecule has 0 N–H and O–H groups in total.